The molecule has 6 heteroatoms. The molecule has 0 aliphatic heterocycles. The molecule has 1 aromatic carbocycles. The number of ether oxygens (including phenoxy) is 1. The summed E-state index contributed by atoms with van der Waals surface area (Å²) in [5.74, 6) is -0.589. The molecular weight excluding hydrogens is 340 g/mol. The molecule has 0 spiro atoms. The fraction of sp³-hybridized carbons (Fsp3) is 0.0476. The topological polar surface area (TPSA) is 85.4 Å². The average molecular weight is 356 g/mol. The zero-order chi connectivity index (χ0) is 19.0. The third-order valence-corrected chi connectivity index (χ3v) is 4.51. The molecule has 0 radical (unpaired) electrons. The van der Waals surface area contributed by atoms with Crippen LogP contribution in [0.4, 0.5) is 5.69 Å². The number of hydrogen-bond donors (Lipinski definition) is 1. The second-order valence-corrected chi connectivity index (χ2v) is 6.09. The molecule has 0 unspecified atom stereocenters. The normalized spacial score (nSPS) is 10.7. The molecule has 3 heterocycles. The van der Waals surface area contributed by atoms with Crippen LogP contribution in [0.5, 0.6) is 0 Å². The number of carbonyl (C=O) groups is 1. The summed E-state index contributed by atoms with van der Waals surface area (Å²) >= 11 is 0. The number of nitrogens with zero attached hydrogens (tertiary/aromatic N) is 3. The van der Waals surface area contributed by atoms with Crippen molar-refractivity contribution in [2.24, 2.45) is 0 Å². The maximum Gasteiger partial charge on any atom is 0.357 e. The lowest BCUT2D eigenvalue weighted by Crippen LogP contribution is -2.11. The first-order chi connectivity index (χ1) is 13.1. The fourth-order valence-corrected chi connectivity index (χ4v) is 3.17. The number of esters is 1. The van der Waals surface area contributed by atoms with Gasteiger partial charge in [0.1, 0.15) is 6.07 Å². The molecule has 0 saturated heterocycles. The number of pyridine rings is 1. The van der Waals surface area contributed by atoms with E-state index >= 15 is 0 Å². The Morgan fingerprint density at radius 2 is 1.96 bits per heavy atom. The van der Waals surface area contributed by atoms with Crippen LogP contribution >= 0.6 is 0 Å². The Morgan fingerprint density at radius 1 is 1.11 bits per heavy atom. The summed E-state index contributed by atoms with van der Waals surface area (Å²) in [5.41, 5.74) is 10.3. The molecular formula is C21H16N4O2. The second-order valence-electron chi connectivity index (χ2n) is 6.09. The van der Waals surface area contributed by atoms with Crippen LogP contribution in [0.15, 0.2) is 67.1 Å². The van der Waals surface area contributed by atoms with Gasteiger partial charge in [0.25, 0.3) is 0 Å². The number of nitrogens with two attached hydrogens (primary N) is 1. The number of aromatic nitrogens is 2. The van der Waals surface area contributed by atoms with E-state index in [-0.39, 0.29) is 16.9 Å². The van der Waals surface area contributed by atoms with Crippen LogP contribution in [0, 0.1) is 11.3 Å². The summed E-state index contributed by atoms with van der Waals surface area (Å²) in [5, 5.41) is 9.27. The fourth-order valence-electron chi connectivity index (χ4n) is 3.17. The van der Waals surface area contributed by atoms with Gasteiger partial charge in [-0.05, 0) is 35.9 Å². The molecule has 6 nitrogen and oxygen atoms in total. The van der Waals surface area contributed by atoms with Gasteiger partial charge in [0.05, 0.1) is 18.4 Å². The number of methoxy groups -OCH3 is 1. The summed E-state index contributed by atoms with van der Waals surface area (Å²) < 4.78 is 8.48. The number of carbonyl (C=O) groups excluding carboxylic acids is 1. The molecule has 4 rings (SSSR count). The highest BCUT2D eigenvalue weighted by Gasteiger charge is 2.21. The minimum Gasteiger partial charge on any atom is -0.464 e. The van der Waals surface area contributed by atoms with Crippen molar-refractivity contribution in [3.8, 4) is 22.9 Å². The quantitative estimate of drug-likeness (QED) is 0.568. The van der Waals surface area contributed by atoms with Gasteiger partial charge in [0.2, 0.25) is 0 Å². The van der Waals surface area contributed by atoms with Crippen molar-refractivity contribution in [3.05, 3.63) is 78.4 Å². The second kappa shape index (κ2) is 6.39. The lowest BCUT2D eigenvalue weighted by molar-refractivity contribution is 0.0593. The standard InChI is InChI=1S/C21H16N4O2/c1-27-21(26)20-19(23)16(11-22)13-25(20)18-7-4-5-14(9-18)15-10-17-6-2-3-8-24(17)12-15/h2-10,12-13H,23H2,1H3. The van der Waals surface area contributed by atoms with E-state index in [0.717, 1.165) is 22.3 Å². The average Bonchev–Trinajstić information content (AvgIpc) is 3.28. The number of fused-ring (bicyclic) bond motifs is 1. The monoisotopic (exact) mass is 356 g/mol. The Kier molecular flexibility index (Phi) is 3.90. The summed E-state index contributed by atoms with van der Waals surface area (Å²) in [6.45, 7) is 0. The third kappa shape index (κ3) is 2.71. The minimum atomic E-state index is -0.589. The highest BCUT2D eigenvalue weighted by atomic mass is 16.5. The Balaban J connectivity index is 1.86. The maximum absolute atomic E-state index is 12.2. The summed E-state index contributed by atoms with van der Waals surface area (Å²) in [7, 11) is 1.29. The molecule has 0 aliphatic rings. The van der Waals surface area contributed by atoms with E-state index in [9.17, 15) is 10.1 Å². The van der Waals surface area contributed by atoms with Crippen molar-refractivity contribution in [2.45, 2.75) is 0 Å². The SMILES string of the molecule is COC(=O)c1c(N)c(C#N)cn1-c1cccc(-c2cc3ccccn3c2)c1. The van der Waals surface area contributed by atoms with Gasteiger partial charge in [-0.3, -0.25) is 0 Å². The lowest BCUT2D eigenvalue weighted by Gasteiger charge is -2.10. The molecule has 0 amide bonds. The first kappa shape index (κ1) is 16.5. The minimum absolute atomic E-state index is 0.115. The van der Waals surface area contributed by atoms with Gasteiger partial charge in [0, 0.05) is 35.4 Å². The first-order valence-electron chi connectivity index (χ1n) is 8.29. The number of benzene rings is 1. The predicted octanol–water partition coefficient (Wildman–Crippen LogP) is 3.64. The molecule has 2 N–H and O–H groups in total. The zero-order valence-corrected chi connectivity index (χ0v) is 14.6. The van der Waals surface area contributed by atoms with E-state index in [4.69, 9.17) is 10.5 Å². The molecule has 3 aromatic heterocycles. The first-order valence-corrected chi connectivity index (χ1v) is 8.29. The summed E-state index contributed by atoms with van der Waals surface area (Å²) in [4.78, 5) is 12.2. The molecule has 4 aromatic rings. The molecule has 0 saturated carbocycles. The van der Waals surface area contributed by atoms with Gasteiger partial charge in [-0.15, -0.1) is 0 Å². The molecule has 0 atom stereocenters. The smallest absolute Gasteiger partial charge is 0.357 e. The number of hydrogen-bond acceptors (Lipinski definition) is 4. The molecule has 0 bridgehead atoms. The van der Waals surface area contributed by atoms with Crippen molar-refractivity contribution in [1.82, 2.24) is 8.97 Å². The van der Waals surface area contributed by atoms with Gasteiger partial charge in [-0.2, -0.15) is 5.26 Å². The van der Waals surface area contributed by atoms with E-state index < -0.39 is 5.97 Å². The lowest BCUT2D eigenvalue weighted by atomic mass is 10.1. The number of rotatable bonds is 3. The zero-order valence-electron chi connectivity index (χ0n) is 14.6. The Hall–Kier alpha value is -3.98. The molecule has 0 aliphatic carbocycles. The molecule has 27 heavy (non-hydrogen) atoms. The van der Waals surface area contributed by atoms with Crippen LogP contribution in [-0.2, 0) is 4.74 Å². The molecule has 132 valence electrons. The van der Waals surface area contributed by atoms with Gasteiger partial charge >= 0.3 is 5.97 Å². The predicted molar refractivity (Wildman–Crippen MR) is 103 cm³/mol. The largest absolute Gasteiger partial charge is 0.464 e. The van der Waals surface area contributed by atoms with Crippen LogP contribution in [0.1, 0.15) is 16.1 Å². The highest BCUT2D eigenvalue weighted by Crippen LogP contribution is 2.28. The van der Waals surface area contributed by atoms with E-state index in [1.165, 1.54) is 7.11 Å². The number of nitriles is 1. The van der Waals surface area contributed by atoms with Crippen molar-refractivity contribution in [2.75, 3.05) is 12.8 Å². The van der Waals surface area contributed by atoms with Crippen molar-refractivity contribution < 1.29 is 9.53 Å². The van der Waals surface area contributed by atoms with Crippen LogP contribution in [0.3, 0.4) is 0 Å². The van der Waals surface area contributed by atoms with Crippen LogP contribution in [-0.4, -0.2) is 22.0 Å². The maximum atomic E-state index is 12.2. The molecule has 0 fully saturated rings. The third-order valence-electron chi connectivity index (χ3n) is 4.51. The van der Waals surface area contributed by atoms with E-state index in [2.05, 4.69) is 6.07 Å². The van der Waals surface area contributed by atoms with Crippen LogP contribution in [0.25, 0.3) is 22.3 Å². The van der Waals surface area contributed by atoms with Gasteiger partial charge < -0.3 is 19.4 Å². The van der Waals surface area contributed by atoms with Crippen molar-refractivity contribution in [1.29, 1.82) is 5.26 Å². The highest BCUT2D eigenvalue weighted by molar-refractivity contribution is 5.96. The van der Waals surface area contributed by atoms with Crippen LogP contribution in [0.2, 0.25) is 0 Å². The van der Waals surface area contributed by atoms with E-state index in [0.29, 0.717) is 0 Å². The van der Waals surface area contributed by atoms with Crippen molar-refractivity contribution in [3.63, 3.8) is 0 Å². The number of nitrogen functional groups attached to an aromatic ring is 1. The Morgan fingerprint density at radius 3 is 2.70 bits per heavy atom. The van der Waals surface area contributed by atoms with Gasteiger partial charge in [-0.25, -0.2) is 4.79 Å². The van der Waals surface area contributed by atoms with Gasteiger partial charge in [-0.1, -0.05) is 18.2 Å². The Bertz CT molecular complexity index is 1180. The van der Waals surface area contributed by atoms with Gasteiger partial charge in [0.15, 0.2) is 5.69 Å². The van der Waals surface area contributed by atoms with E-state index in [1.807, 2.05) is 65.3 Å². The summed E-state index contributed by atoms with van der Waals surface area (Å²) in [6.07, 6.45) is 5.58. The van der Waals surface area contributed by atoms with E-state index in [1.54, 1.807) is 10.8 Å². The Labute approximate surface area is 155 Å². The van der Waals surface area contributed by atoms with Crippen LogP contribution < -0.4 is 5.73 Å². The summed E-state index contributed by atoms with van der Waals surface area (Å²) in [6, 6.07) is 17.8. The number of anilines is 1. The van der Waals surface area contributed by atoms with Crippen molar-refractivity contribution >= 4 is 17.2 Å².